The summed E-state index contributed by atoms with van der Waals surface area (Å²) in [6.45, 7) is 4.80. The number of hydrogen-bond donors (Lipinski definition) is 0. The van der Waals surface area contributed by atoms with E-state index in [2.05, 4.69) is 266 Å². The van der Waals surface area contributed by atoms with Crippen LogP contribution in [0, 0.1) is 0 Å². The van der Waals surface area contributed by atoms with E-state index in [0.29, 0.717) is 0 Å². The van der Waals surface area contributed by atoms with E-state index in [0.717, 1.165) is 35.6 Å². The molecule has 0 amide bonds. The van der Waals surface area contributed by atoms with E-state index in [4.69, 9.17) is 0 Å². The van der Waals surface area contributed by atoms with Crippen LogP contribution in [0.4, 0.5) is 45.5 Å². The SMILES string of the molecule is CN1C2=C(C=CCC2)N(c2ccc3c(-c4ccc5c(c4)C(C)(C)c4ccccc4-5)c4cc(N5c6ccccc6N(C)c6ccccc65)ccc4c(-c4cc5ccccc5c5ccccc45)c3c2)c2ccccc21. The molecule has 0 saturated heterocycles. The Bertz CT molecular complexity index is 4200. The van der Waals surface area contributed by atoms with Gasteiger partial charge >= 0.3 is 0 Å². The Morgan fingerprint density at radius 1 is 0.384 bits per heavy atom. The Balaban J connectivity index is 1.09. The van der Waals surface area contributed by atoms with Crippen molar-refractivity contribution in [2.75, 3.05) is 33.7 Å². The molecule has 4 nitrogen and oxygen atoms in total. The van der Waals surface area contributed by atoms with Crippen molar-refractivity contribution in [3.05, 3.63) is 241 Å². The fraction of sp³-hybridized carbons (Fsp3) is 0.101. The molecule has 348 valence electrons. The van der Waals surface area contributed by atoms with Crippen LogP contribution in [-0.4, -0.2) is 14.1 Å². The summed E-state index contributed by atoms with van der Waals surface area (Å²) in [5.41, 5.74) is 22.1. The minimum Gasteiger partial charge on any atom is -0.345 e. The van der Waals surface area contributed by atoms with Crippen molar-refractivity contribution >= 4 is 88.6 Å². The molecule has 0 spiro atoms. The summed E-state index contributed by atoms with van der Waals surface area (Å²) in [5, 5.41) is 9.90. The van der Waals surface area contributed by atoms with Gasteiger partial charge in [0.15, 0.2) is 0 Å². The van der Waals surface area contributed by atoms with Crippen molar-refractivity contribution in [3.63, 3.8) is 0 Å². The Morgan fingerprint density at radius 2 is 0.932 bits per heavy atom. The van der Waals surface area contributed by atoms with Gasteiger partial charge in [0.1, 0.15) is 0 Å². The van der Waals surface area contributed by atoms with Crippen molar-refractivity contribution < 1.29 is 0 Å². The highest BCUT2D eigenvalue weighted by atomic mass is 15.3. The lowest BCUT2D eigenvalue weighted by Crippen LogP contribution is -2.32. The molecule has 0 bridgehead atoms. The van der Waals surface area contributed by atoms with Gasteiger partial charge in [-0.25, -0.2) is 0 Å². The first-order chi connectivity index (χ1) is 35.8. The molecular formula is C69H52N4. The first kappa shape index (κ1) is 41.9. The summed E-state index contributed by atoms with van der Waals surface area (Å²) in [5.74, 6) is 0. The van der Waals surface area contributed by atoms with Crippen LogP contribution in [0.15, 0.2) is 230 Å². The fourth-order valence-corrected chi connectivity index (χ4v) is 13.3. The van der Waals surface area contributed by atoms with E-state index >= 15 is 0 Å². The Kier molecular flexibility index (Phi) is 8.93. The average Bonchev–Trinajstić information content (AvgIpc) is 3.67. The topological polar surface area (TPSA) is 13.0 Å². The van der Waals surface area contributed by atoms with Crippen molar-refractivity contribution in [1.29, 1.82) is 0 Å². The monoisotopic (exact) mass is 936 g/mol. The molecule has 4 heteroatoms. The van der Waals surface area contributed by atoms with E-state index in [1.807, 2.05) is 0 Å². The van der Waals surface area contributed by atoms with Crippen LogP contribution >= 0.6 is 0 Å². The standard InChI is InChI=1S/C69H52N4/c1-69(2)57-24-10-9-23-50(57)51-36-33-44(40-58(51)69)67-52-37-34-46(73-65-31-17-13-27-61(65)71(4)62-28-14-18-32-66(62)73)42-56(52)68(54-39-43-19-5-6-20-47(43)48-21-7-8-22-49(48)54)53-38-35-45(41-55(53)67)72-63-29-15-11-25-59(63)70(3)60-26-12-16-30-64(60)72/h5-13,15-27,29-42H,14,28H2,1-4H3. The van der Waals surface area contributed by atoms with Crippen LogP contribution in [-0.2, 0) is 5.41 Å². The lowest BCUT2D eigenvalue weighted by molar-refractivity contribution is 0.660. The number of para-hydroxylation sites is 6. The molecule has 15 rings (SSSR count). The zero-order valence-electron chi connectivity index (χ0n) is 41.5. The normalized spacial score (nSPS) is 15.2. The zero-order valence-corrected chi connectivity index (χ0v) is 41.5. The largest absolute Gasteiger partial charge is 0.345 e. The molecule has 0 atom stereocenters. The summed E-state index contributed by atoms with van der Waals surface area (Å²) in [4.78, 5) is 9.73. The van der Waals surface area contributed by atoms with Crippen molar-refractivity contribution in [3.8, 4) is 33.4 Å². The van der Waals surface area contributed by atoms with Gasteiger partial charge in [-0.15, -0.1) is 0 Å². The van der Waals surface area contributed by atoms with Crippen LogP contribution in [0.25, 0.3) is 76.5 Å². The van der Waals surface area contributed by atoms with Gasteiger partial charge < -0.3 is 19.6 Å². The molecule has 11 aromatic carbocycles. The molecule has 11 aromatic rings. The van der Waals surface area contributed by atoms with Crippen molar-refractivity contribution in [2.45, 2.75) is 32.1 Å². The average molecular weight is 937 g/mol. The van der Waals surface area contributed by atoms with E-state index in [9.17, 15) is 0 Å². The number of fused-ring (bicyclic) bond motifs is 11. The van der Waals surface area contributed by atoms with Crippen LogP contribution in [0.1, 0.15) is 37.8 Å². The first-order valence-electron chi connectivity index (χ1n) is 25.8. The third-order valence-electron chi connectivity index (χ3n) is 16.7. The lowest BCUT2D eigenvalue weighted by Gasteiger charge is -2.41. The second-order valence-corrected chi connectivity index (χ2v) is 20.9. The number of rotatable bonds is 4. The third kappa shape index (κ3) is 5.95. The number of allylic oxidation sites excluding steroid dienone is 3. The van der Waals surface area contributed by atoms with E-state index in [1.54, 1.807) is 0 Å². The maximum absolute atomic E-state index is 2.52. The van der Waals surface area contributed by atoms with Crippen LogP contribution in [0.5, 0.6) is 0 Å². The zero-order chi connectivity index (χ0) is 48.7. The molecule has 73 heavy (non-hydrogen) atoms. The van der Waals surface area contributed by atoms with Crippen LogP contribution in [0.2, 0.25) is 0 Å². The predicted octanol–water partition coefficient (Wildman–Crippen LogP) is 18.6. The second-order valence-electron chi connectivity index (χ2n) is 20.9. The Hall–Kier alpha value is -8.86. The van der Waals surface area contributed by atoms with Crippen LogP contribution < -0.4 is 19.6 Å². The van der Waals surface area contributed by atoms with Crippen LogP contribution in [0.3, 0.4) is 0 Å². The van der Waals surface area contributed by atoms with E-state index in [1.165, 1.54) is 122 Å². The smallest absolute Gasteiger partial charge is 0.0699 e. The molecule has 4 aliphatic rings. The van der Waals surface area contributed by atoms with Gasteiger partial charge in [0.05, 0.1) is 39.8 Å². The molecule has 2 aliphatic heterocycles. The highest BCUT2D eigenvalue weighted by molar-refractivity contribution is 6.27. The molecule has 2 aliphatic carbocycles. The highest BCUT2D eigenvalue weighted by Gasteiger charge is 2.36. The first-order valence-corrected chi connectivity index (χ1v) is 25.8. The van der Waals surface area contributed by atoms with Crippen molar-refractivity contribution in [1.82, 2.24) is 0 Å². The maximum Gasteiger partial charge on any atom is 0.0699 e. The van der Waals surface area contributed by atoms with Gasteiger partial charge in [-0.2, -0.15) is 0 Å². The fourth-order valence-electron chi connectivity index (χ4n) is 13.3. The molecular weight excluding hydrogens is 885 g/mol. The van der Waals surface area contributed by atoms with Gasteiger partial charge in [-0.05, 0) is 179 Å². The molecule has 0 saturated carbocycles. The lowest BCUT2D eigenvalue weighted by atomic mass is 9.80. The van der Waals surface area contributed by atoms with Gasteiger partial charge in [-0.3, -0.25) is 0 Å². The summed E-state index contributed by atoms with van der Waals surface area (Å²) < 4.78 is 0. The molecule has 0 N–H and O–H groups in total. The number of hydrogen-bond acceptors (Lipinski definition) is 4. The van der Waals surface area contributed by atoms with Gasteiger partial charge in [-0.1, -0.05) is 153 Å². The minimum absolute atomic E-state index is 0.170. The van der Waals surface area contributed by atoms with Crippen molar-refractivity contribution in [2.24, 2.45) is 0 Å². The Morgan fingerprint density at radius 3 is 1.66 bits per heavy atom. The summed E-state index contributed by atoms with van der Waals surface area (Å²) >= 11 is 0. The summed E-state index contributed by atoms with van der Waals surface area (Å²) in [6, 6.07) is 77.9. The number of benzene rings is 11. The Labute approximate surface area is 426 Å². The van der Waals surface area contributed by atoms with Gasteiger partial charge in [0.25, 0.3) is 0 Å². The molecule has 0 fully saturated rings. The van der Waals surface area contributed by atoms with Gasteiger partial charge in [0.2, 0.25) is 0 Å². The maximum atomic E-state index is 2.52. The van der Waals surface area contributed by atoms with E-state index < -0.39 is 0 Å². The van der Waals surface area contributed by atoms with E-state index in [-0.39, 0.29) is 5.41 Å². The summed E-state index contributed by atoms with van der Waals surface area (Å²) in [6.07, 6.45) is 6.71. The summed E-state index contributed by atoms with van der Waals surface area (Å²) in [7, 11) is 4.42. The molecule has 0 radical (unpaired) electrons. The molecule has 0 unspecified atom stereocenters. The highest BCUT2D eigenvalue weighted by Crippen LogP contribution is 2.56. The predicted molar refractivity (Wildman–Crippen MR) is 310 cm³/mol. The third-order valence-corrected chi connectivity index (χ3v) is 16.7. The second kappa shape index (κ2) is 15.6. The molecule has 2 heterocycles. The van der Waals surface area contributed by atoms with Gasteiger partial charge in [0, 0.05) is 36.6 Å². The quantitative estimate of drug-likeness (QED) is 0.129. The number of nitrogens with zero attached hydrogens (tertiary/aromatic N) is 4. The molecule has 0 aromatic heterocycles. The minimum atomic E-state index is -0.170. The number of anilines is 8.